The first kappa shape index (κ1) is 17.5. The van der Waals surface area contributed by atoms with Crippen molar-refractivity contribution in [2.24, 2.45) is 7.05 Å². The smallest absolute Gasteiger partial charge is 0.236 e. The highest BCUT2D eigenvalue weighted by Gasteiger charge is 2.15. The number of thiazole rings is 1. The summed E-state index contributed by atoms with van der Waals surface area (Å²) in [5, 5.41) is 12.5. The Morgan fingerprint density at radius 3 is 2.78 bits per heavy atom. The van der Waals surface area contributed by atoms with Gasteiger partial charge in [0.1, 0.15) is 0 Å². The molecular formula is C18H16N6OS2. The van der Waals surface area contributed by atoms with Crippen molar-refractivity contribution in [2.75, 3.05) is 16.8 Å². The number of nitrogens with one attached hydrogen (secondary N) is 1. The van der Waals surface area contributed by atoms with Crippen molar-refractivity contribution >= 4 is 50.0 Å². The van der Waals surface area contributed by atoms with Crippen LogP contribution in [0, 0.1) is 0 Å². The van der Waals surface area contributed by atoms with Crippen LogP contribution in [0.2, 0.25) is 0 Å². The highest BCUT2D eigenvalue weighted by molar-refractivity contribution is 7.99. The molecule has 27 heavy (non-hydrogen) atoms. The average molecular weight is 397 g/mol. The largest absolute Gasteiger partial charge is 0.398 e. The monoisotopic (exact) mass is 396 g/mol. The molecule has 2 aromatic heterocycles. The molecule has 3 N–H and O–H groups in total. The summed E-state index contributed by atoms with van der Waals surface area (Å²) in [6.07, 6.45) is 0. The number of benzene rings is 2. The summed E-state index contributed by atoms with van der Waals surface area (Å²) in [6, 6.07) is 15.3. The number of hydrogen-bond acceptors (Lipinski definition) is 7. The molecule has 0 saturated heterocycles. The van der Waals surface area contributed by atoms with Gasteiger partial charge in [0, 0.05) is 18.3 Å². The van der Waals surface area contributed by atoms with Gasteiger partial charge in [0.25, 0.3) is 0 Å². The van der Waals surface area contributed by atoms with Gasteiger partial charge in [-0.3, -0.25) is 4.79 Å². The molecule has 0 unspecified atom stereocenters. The minimum Gasteiger partial charge on any atom is -0.398 e. The minimum absolute atomic E-state index is 0.136. The Morgan fingerprint density at radius 2 is 1.96 bits per heavy atom. The van der Waals surface area contributed by atoms with E-state index in [1.807, 2.05) is 60.1 Å². The van der Waals surface area contributed by atoms with Gasteiger partial charge in [-0.25, -0.2) is 4.98 Å². The number of carbonyl (C=O) groups excluding carboxylic acids is 1. The Labute approximate surface area is 163 Å². The van der Waals surface area contributed by atoms with Crippen molar-refractivity contribution in [1.29, 1.82) is 0 Å². The molecule has 4 rings (SSSR count). The molecule has 0 radical (unpaired) electrons. The normalized spacial score (nSPS) is 11.0. The first-order valence-corrected chi connectivity index (χ1v) is 9.94. The second kappa shape index (κ2) is 7.37. The number of carbonyl (C=O) groups is 1. The number of nitrogens with two attached hydrogens (primary N) is 1. The van der Waals surface area contributed by atoms with E-state index in [2.05, 4.69) is 20.5 Å². The first-order chi connectivity index (χ1) is 13.1. The Kier molecular flexibility index (Phi) is 4.78. The van der Waals surface area contributed by atoms with E-state index in [1.165, 1.54) is 23.1 Å². The number of hydrogen-bond donors (Lipinski definition) is 2. The van der Waals surface area contributed by atoms with Gasteiger partial charge in [-0.05, 0) is 24.3 Å². The summed E-state index contributed by atoms with van der Waals surface area (Å²) in [4.78, 5) is 16.7. The van der Waals surface area contributed by atoms with Crippen LogP contribution in [0.1, 0.15) is 0 Å². The van der Waals surface area contributed by atoms with Crippen LogP contribution in [0.15, 0.2) is 53.7 Å². The van der Waals surface area contributed by atoms with Crippen LogP contribution in [-0.4, -0.2) is 31.4 Å². The molecule has 0 saturated carbocycles. The zero-order chi connectivity index (χ0) is 18.8. The predicted octanol–water partition coefficient (Wildman–Crippen LogP) is 3.40. The number of rotatable bonds is 5. The number of nitrogens with zero attached hydrogens (tertiary/aromatic N) is 4. The molecule has 2 aromatic carbocycles. The van der Waals surface area contributed by atoms with E-state index in [0.717, 1.165) is 15.8 Å². The highest BCUT2D eigenvalue weighted by Crippen LogP contribution is 2.28. The van der Waals surface area contributed by atoms with Gasteiger partial charge >= 0.3 is 0 Å². The Hall–Kier alpha value is -2.91. The van der Waals surface area contributed by atoms with Crippen molar-refractivity contribution in [2.45, 2.75) is 5.16 Å². The maximum absolute atomic E-state index is 12.3. The van der Waals surface area contributed by atoms with Gasteiger partial charge in [-0.2, -0.15) is 0 Å². The molecule has 7 nitrogen and oxygen atoms in total. The van der Waals surface area contributed by atoms with Crippen LogP contribution < -0.4 is 11.1 Å². The summed E-state index contributed by atoms with van der Waals surface area (Å²) >= 11 is 2.77. The molecular weight excluding hydrogens is 380 g/mol. The fraction of sp³-hybridized carbons (Fsp3) is 0.111. The average Bonchev–Trinajstić information content (AvgIpc) is 3.23. The van der Waals surface area contributed by atoms with Crippen LogP contribution in [0.5, 0.6) is 0 Å². The molecule has 0 aliphatic carbocycles. The molecule has 0 bridgehead atoms. The van der Waals surface area contributed by atoms with Crippen LogP contribution >= 0.6 is 23.1 Å². The summed E-state index contributed by atoms with van der Waals surface area (Å²) in [6.45, 7) is 0. The van der Waals surface area contributed by atoms with Gasteiger partial charge in [0.05, 0.1) is 16.0 Å². The lowest BCUT2D eigenvalue weighted by Crippen LogP contribution is -2.14. The Balaban J connectivity index is 1.43. The number of amides is 1. The van der Waals surface area contributed by atoms with Gasteiger partial charge in [0.2, 0.25) is 5.91 Å². The number of fused-ring (bicyclic) bond motifs is 1. The zero-order valence-electron chi connectivity index (χ0n) is 14.4. The van der Waals surface area contributed by atoms with E-state index in [-0.39, 0.29) is 11.7 Å². The molecule has 1 amide bonds. The molecule has 136 valence electrons. The van der Waals surface area contributed by atoms with Gasteiger partial charge < -0.3 is 15.6 Å². The summed E-state index contributed by atoms with van der Waals surface area (Å²) in [7, 11) is 1.86. The third kappa shape index (κ3) is 3.64. The first-order valence-electron chi connectivity index (χ1n) is 8.14. The van der Waals surface area contributed by atoms with E-state index in [9.17, 15) is 4.79 Å². The molecule has 0 spiro atoms. The van der Waals surface area contributed by atoms with Gasteiger partial charge in [-0.1, -0.05) is 47.4 Å². The summed E-state index contributed by atoms with van der Waals surface area (Å²) < 4.78 is 2.88. The van der Waals surface area contributed by atoms with Gasteiger partial charge in [-0.15, -0.1) is 10.2 Å². The fourth-order valence-electron chi connectivity index (χ4n) is 2.59. The van der Waals surface area contributed by atoms with Crippen molar-refractivity contribution < 1.29 is 4.79 Å². The number of nitrogen functional groups attached to an aromatic ring is 1. The minimum atomic E-state index is -0.136. The van der Waals surface area contributed by atoms with E-state index in [0.29, 0.717) is 21.8 Å². The third-order valence-corrected chi connectivity index (χ3v) is 5.88. The summed E-state index contributed by atoms with van der Waals surface area (Å²) in [5.74, 6) is 0.747. The SMILES string of the molecule is Cn1c(SCC(=O)Nc2nc3ccccc3s2)nnc1-c1ccccc1N. The van der Waals surface area contributed by atoms with E-state index < -0.39 is 0 Å². The quantitative estimate of drug-likeness (QED) is 0.396. The van der Waals surface area contributed by atoms with Crippen LogP contribution in [0.25, 0.3) is 21.6 Å². The second-order valence-electron chi connectivity index (χ2n) is 5.78. The summed E-state index contributed by atoms with van der Waals surface area (Å²) in [5.41, 5.74) is 8.35. The van der Waals surface area contributed by atoms with E-state index >= 15 is 0 Å². The number of aromatic nitrogens is 4. The Morgan fingerprint density at radius 1 is 1.19 bits per heavy atom. The standard InChI is InChI=1S/C18H16N6OS2/c1-24-16(11-6-2-3-7-12(11)19)22-23-18(24)26-10-15(25)21-17-20-13-8-4-5-9-14(13)27-17/h2-9H,10,19H2,1H3,(H,20,21,25). The van der Waals surface area contributed by atoms with Crippen molar-refractivity contribution in [1.82, 2.24) is 19.7 Å². The van der Waals surface area contributed by atoms with Crippen LogP contribution in [0.4, 0.5) is 10.8 Å². The maximum atomic E-state index is 12.3. The molecule has 0 fully saturated rings. The Bertz CT molecular complexity index is 1090. The maximum Gasteiger partial charge on any atom is 0.236 e. The van der Waals surface area contributed by atoms with Crippen molar-refractivity contribution in [3.8, 4) is 11.4 Å². The highest BCUT2D eigenvalue weighted by atomic mass is 32.2. The van der Waals surface area contributed by atoms with Crippen LogP contribution in [0.3, 0.4) is 0 Å². The lowest BCUT2D eigenvalue weighted by molar-refractivity contribution is -0.113. The molecule has 9 heteroatoms. The fourth-order valence-corrected chi connectivity index (χ4v) is 4.18. The third-order valence-electron chi connectivity index (χ3n) is 3.91. The van der Waals surface area contributed by atoms with Gasteiger partial charge in [0.15, 0.2) is 16.1 Å². The molecule has 0 atom stereocenters. The molecule has 0 aliphatic heterocycles. The topological polar surface area (TPSA) is 98.7 Å². The lowest BCUT2D eigenvalue weighted by atomic mass is 10.2. The second-order valence-corrected chi connectivity index (χ2v) is 7.75. The molecule has 0 aliphatic rings. The zero-order valence-corrected chi connectivity index (χ0v) is 16.0. The van der Waals surface area contributed by atoms with Crippen molar-refractivity contribution in [3.63, 3.8) is 0 Å². The number of anilines is 2. The molecule has 4 aromatic rings. The molecule has 2 heterocycles. The van der Waals surface area contributed by atoms with E-state index in [4.69, 9.17) is 5.73 Å². The number of para-hydroxylation sites is 2. The van der Waals surface area contributed by atoms with E-state index in [1.54, 1.807) is 0 Å². The van der Waals surface area contributed by atoms with Crippen LogP contribution in [-0.2, 0) is 11.8 Å². The van der Waals surface area contributed by atoms with Crippen molar-refractivity contribution in [3.05, 3.63) is 48.5 Å². The predicted molar refractivity (Wildman–Crippen MR) is 110 cm³/mol. The lowest BCUT2D eigenvalue weighted by Gasteiger charge is -2.06. The number of thioether (sulfide) groups is 1.